The van der Waals surface area contributed by atoms with Crippen molar-refractivity contribution in [3.8, 4) is 28.6 Å². The number of benzene rings is 2. The number of methoxy groups -OCH3 is 1. The molecule has 0 amide bonds. The van der Waals surface area contributed by atoms with Crippen LogP contribution in [0.3, 0.4) is 0 Å². The van der Waals surface area contributed by atoms with Gasteiger partial charge in [-0.05, 0) is 36.8 Å². The highest BCUT2D eigenvalue weighted by molar-refractivity contribution is 5.67. The average Bonchev–Trinajstić information content (AvgIpc) is 2.99. The Bertz CT molecular complexity index is 781. The summed E-state index contributed by atoms with van der Waals surface area (Å²) in [4.78, 5) is 4.42. The molecular weight excluding hydrogens is 266 g/mol. The molecule has 3 aromatic rings. The maximum atomic E-state index is 5.91. The number of hydrogen-bond acceptors (Lipinski definition) is 5. The van der Waals surface area contributed by atoms with E-state index in [2.05, 4.69) is 10.1 Å². The average molecular weight is 281 g/mol. The van der Waals surface area contributed by atoms with Crippen LogP contribution in [0.2, 0.25) is 0 Å². The van der Waals surface area contributed by atoms with Crippen LogP contribution >= 0.6 is 0 Å². The van der Waals surface area contributed by atoms with Gasteiger partial charge >= 0.3 is 0 Å². The number of nitrogen functional groups attached to an aromatic ring is 1. The fourth-order valence-electron chi connectivity index (χ4n) is 2.05. The zero-order valence-electron chi connectivity index (χ0n) is 11.8. The molecule has 21 heavy (non-hydrogen) atoms. The fourth-order valence-corrected chi connectivity index (χ4v) is 2.05. The molecule has 0 saturated carbocycles. The van der Waals surface area contributed by atoms with Crippen molar-refractivity contribution in [1.29, 1.82) is 0 Å². The van der Waals surface area contributed by atoms with Gasteiger partial charge in [0.1, 0.15) is 5.75 Å². The van der Waals surface area contributed by atoms with Crippen LogP contribution < -0.4 is 10.5 Å². The largest absolute Gasteiger partial charge is 0.496 e. The van der Waals surface area contributed by atoms with Gasteiger partial charge in [0.05, 0.1) is 12.7 Å². The first-order valence-electron chi connectivity index (χ1n) is 6.52. The van der Waals surface area contributed by atoms with E-state index >= 15 is 0 Å². The summed E-state index contributed by atoms with van der Waals surface area (Å²) in [6.07, 6.45) is 0. The lowest BCUT2D eigenvalue weighted by Crippen LogP contribution is -1.90. The van der Waals surface area contributed by atoms with E-state index < -0.39 is 0 Å². The summed E-state index contributed by atoms with van der Waals surface area (Å²) in [6.45, 7) is 1.95. The monoisotopic (exact) mass is 281 g/mol. The molecule has 106 valence electrons. The van der Waals surface area contributed by atoms with E-state index in [9.17, 15) is 0 Å². The van der Waals surface area contributed by atoms with E-state index in [0.717, 1.165) is 16.7 Å². The van der Waals surface area contributed by atoms with E-state index in [-0.39, 0.29) is 0 Å². The molecule has 0 aliphatic carbocycles. The second-order valence-electron chi connectivity index (χ2n) is 4.69. The first-order valence-corrected chi connectivity index (χ1v) is 6.52. The van der Waals surface area contributed by atoms with Gasteiger partial charge in [-0.2, -0.15) is 4.98 Å². The minimum absolute atomic E-state index is 0.433. The molecule has 1 heterocycles. The molecule has 0 fully saturated rings. The minimum atomic E-state index is 0.433. The van der Waals surface area contributed by atoms with Crippen LogP contribution in [0.4, 0.5) is 5.69 Å². The number of hydrogen-bond donors (Lipinski definition) is 1. The van der Waals surface area contributed by atoms with Crippen molar-refractivity contribution in [3.05, 3.63) is 48.0 Å². The summed E-state index contributed by atoms with van der Waals surface area (Å²) >= 11 is 0. The van der Waals surface area contributed by atoms with Crippen LogP contribution in [0.15, 0.2) is 47.0 Å². The molecule has 1 aromatic heterocycles. The Morgan fingerprint density at radius 1 is 1.14 bits per heavy atom. The van der Waals surface area contributed by atoms with Crippen LogP contribution in [-0.2, 0) is 0 Å². The molecule has 5 heteroatoms. The van der Waals surface area contributed by atoms with Crippen molar-refractivity contribution in [3.63, 3.8) is 0 Å². The van der Waals surface area contributed by atoms with Crippen LogP contribution in [0.5, 0.6) is 5.75 Å². The number of nitrogens with two attached hydrogens (primary N) is 1. The van der Waals surface area contributed by atoms with Crippen molar-refractivity contribution in [1.82, 2.24) is 10.1 Å². The number of ether oxygens (including phenoxy) is 1. The number of aryl methyl sites for hydroxylation is 1. The second-order valence-corrected chi connectivity index (χ2v) is 4.69. The number of nitrogens with zero attached hydrogens (tertiary/aromatic N) is 2. The Kier molecular flexibility index (Phi) is 3.31. The number of rotatable bonds is 3. The van der Waals surface area contributed by atoms with Gasteiger partial charge in [-0.15, -0.1) is 0 Å². The molecule has 0 atom stereocenters. The smallest absolute Gasteiger partial charge is 0.258 e. The third-order valence-corrected chi connectivity index (χ3v) is 3.30. The molecule has 2 N–H and O–H groups in total. The number of aromatic nitrogens is 2. The quantitative estimate of drug-likeness (QED) is 0.745. The van der Waals surface area contributed by atoms with Crippen molar-refractivity contribution in [2.45, 2.75) is 6.92 Å². The number of para-hydroxylation sites is 1. The van der Waals surface area contributed by atoms with Crippen molar-refractivity contribution >= 4 is 5.69 Å². The van der Waals surface area contributed by atoms with E-state index in [1.54, 1.807) is 7.11 Å². The highest BCUT2D eigenvalue weighted by Gasteiger charge is 2.14. The topological polar surface area (TPSA) is 74.2 Å². The molecule has 0 spiro atoms. The first kappa shape index (κ1) is 13.2. The third kappa shape index (κ3) is 2.45. The van der Waals surface area contributed by atoms with Gasteiger partial charge in [0.25, 0.3) is 5.89 Å². The van der Waals surface area contributed by atoms with Gasteiger partial charge in [0.2, 0.25) is 5.82 Å². The predicted octanol–water partition coefficient (Wildman–Crippen LogP) is 3.30. The summed E-state index contributed by atoms with van der Waals surface area (Å²) in [7, 11) is 1.61. The summed E-state index contributed by atoms with van der Waals surface area (Å²) in [5.74, 6) is 1.62. The van der Waals surface area contributed by atoms with Crippen LogP contribution in [0.25, 0.3) is 22.8 Å². The van der Waals surface area contributed by atoms with Crippen molar-refractivity contribution < 1.29 is 9.26 Å². The summed E-state index contributed by atoms with van der Waals surface area (Å²) in [5, 5.41) is 4.02. The Morgan fingerprint density at radius 3 is 2.71 bits per heavy atom. The molecule has 0 bridgehead atoms. The summed E-state index contributed by atoms with van der Waals surface area (Å²) in [6, 6.07) is 13.2. The standard InChI is InChI=1S/C16H15N3O2/c1-10-7-8-11(9-13(10)17)16-18-15(19-21-16)12-5-3-4-6-14(12)20-2/h3-9H,17H2,1-2H3. The maximum Gasteiger partial charge on any atom is 0.258 e. The molecular formula is C16H15N3O2. The minimum Gasteiger partial charge on any atom is -0.496 e. The van der Waals surface area contributed by atoms with Crippen molar-refractivity contribution in [2.75, 3.05) is 12.8 Å². The van der Waals surface area contributed by atoms with Gasteiger partial charge in [-0.25, -0.2) is 0 Å². The highest BCUT2D eigenvalue weighted by atomic mass is 16.5. The molecule has 2 aromatic carbocycles. The Balaban J connectivity index is 2.01. The van der Waals surface area contributed by atoms with Gasteiger partial charge < -0.3 is 15.0 Å². The maximum absolute atomic E-state index is 5.91. The molecule has 0 aliphatic heterocycles. The van der Waals surface area contributed by atoms with Crippen LogP contribution in [0.1, 0.15) is 5.56 Å². The zero-order valence-corrected chi connectivity index (χ0v) is 11.8. The van der Waals surface area contributed by atoms with Gasteiger partial charge in [-0.1, -0.05) is 23.4 Å². The lowest BCUT2D eigenvalue weighted by atomic mass is 10.1. The molecule has 0 saturated heterocycles. The van der Waals surface area contributed by atoms with Crippen LogP contribution in [0, 0.1) is 6.92 Å². The Hall–Kier alpha value is -2.82. The normalized spacial score (nSPS) is 10.6. The molecule has 0 unspecified atom stereocenters. The molecule has 0 radical (unpaired) electrons. The Morgan fingerprint density at radius 2 is 1.95 bits per heavy atom. The lowest BCUT2D eigenvalue weighted by molar-refractivity contribution is 0.413. The SMILES string of the molecule is COc1ccccc1-c1noc(-c2ccc(C)c(N)c2)n1. The second kappa shape index (κ2) is 5.28. The van der Waals surface area contributed by atoms with Crippen LogP contribution in [-0.4, -0.2) is 17.3 Å². The predicted molar refractivity (Wildman–Crippen MR) is 80.9 cm³/mol. The fraction of sp³-hybridized carbons (Fsp3) is 0.125. The molecule has 3 rings (SSSR count). The first-order chi connectivity index (χ1) is 10.2. The highest BCUT2D eigenvalue weighted by Crippen LogP contribution is 2.29. The van der Waals surface area contributed by atoms with E-state index in [1.165, 1.54) is 0 Å². The van der Waals surface area contributed by atoms with Gasteiger partial charge in [-0.3, -0.25) is 0 Å². The van der Waals surface area contributed by atoms with E-state index in [0.29, 0.717) is 23.2 Å². The molecule has 5 nitrogen and oxygen atoms in total. The lowest BCUT2D eigenvalue weighted by Gasteiger charge is -2.03. The number of anilines is 1. The third-order valence-electron chi connectivity index (χ3n) is 3.30. The van der Waals surface area contributed by atoms with Gasteiger partial charge in [0.15, 0.2) is 0 Å². The van der Waals surface area contributed by atoms with Crippen molar-refractivity contribution in [2.24, 2.45) is 0 Å². The Labute approximate surface area is 122 Å². The van der Waals surface area contributed by atoms with E-state index in [4.69, 9.17) is 15.0 Å². The van der Waals surface area contributed by atoms with E-state index in [1.807, 2.05) is 49.4 Å². The van der Waals surface area contributed by atoms with Gasteiger partial charge in [0, 0.05) is 11.3 Å². The molecule has 0 aliphatic rings. The summed E-state index contributed by atoms with van der Waals surface area (Å²) < 4.78 is 10.6. The zero-order chi connectivity index (χ0) is 14.8. The summed E-state index contributed by atoms with van der Waals surface area (Å²) in [5.41, 5.74) is 9.21.